The molecular formula is C13H13F2N3S. The minimum Gasteiger partial charge on any atom is -0.331 e. The Hall–Kier alpha value is -1.43. The predicted molar refractivity (Wildman–Crippen MR) is 71.0 cm³/mol. The van der Waals surface area contributed by atoms with Crippen LogP contribution in [0.15, 0.2) is 12.3 Å². The first-order valence-corrected chi connectivity index (χ1v) is 6.48. The minimum absolute atomic E-state index is 0.437. The maximum atomic E-state index is 13.1. The molecule has 0 bridgehead atoms. The number of alkyl halides is 2. The number of nitrogens with zero attached hydrogens (tertiary/aromatic N) is 3. The van der Waals surface area contributed by atoms with Gasteiger partial charge in [0.05, 0.1) is 22.8 Å². The molecule has 0 saturated heterocycles. The number of hydrogen-bond donors (Lipinski definition) is 0. The molecule has 1 fully saturated rings. The Morgan fingerprint density at radius 3 is 2.68 bits per heavy atom. The van der Waals surface area contributed by atoms with Crippen LogP contribution in [0.4, 0.5) is 8.78 Å². The lowest BCUT2D eigenvalue weighted by atomic mass is 10.0. The second-order valence-electron chi connectivity index (χ2n) is 5.07. The molecule has 2 heterocycles. The first-order chi connectivity index (χ1) is 8.95. The van der Waals surface area contributed by atoms with Gasteiger partial charge in [-0.25, -0.2) is 13.8 Å². The van der Waals surface area contributed by atoms with E-state index in [1.165, 1.54) is 0 Å². The molecule has 0 radical (unpaired) electrons. The van der Waals surface area contributed by atoms with E-state index in [2.05, 4.69) is 9.97 Å². The molecule has 2 aromatic rings. The Kier molecular flexibility index (Phi) is 2.67. The van der Waals surface area contributed by atoms with Crippen LogP contribution in [0.5, 0.6) is 0 Å². The summed E-state index contributed by atoms with van der Waals surface area (Å²) < 4.78 is 28.5. The van der Waals surface area contributed by atoms with Gasteiger partial charge in [0.15, 0.2) is 0 Å². The topological polar surface area (TPSA) is 30.7 Å². The highest BCUT2D eigenvalue weighted by Gasteiger charge is 2.53. The summed E-state index contributed by atoms with van der Waals surface area (Å²) in [5.41, 5.74) is 0.206. The van der Waals surface area contributed by atoms with E-state index < -0.39 is 11.8 Å². The van der Waals surface area contributed by atoms with Crippen molar-refractivity contribution in [3.05, 3.63) is 28.4 Å². The quantitative estimate of drug-likeness (QED) is 0.791. The Morgan fingerprint density at radius 1 is 1.42 bits per heavy atom. The van der Waals surface area contributed by atoms with Crippen molar-refractivity contribution in [1.29, 1.82) is 0 Å². The summed E-state index contributed by atoms with van der Waals surface area (Å²) >= 11 is 5.23. The Morgan fingerprint density at radius 2 is 2.11 bits per heavy atom. The molecule has 2 aromatic heterocycles. The van der Waals surface area contributed by atoms with Crippen LogP contribution in [0.25, 0.3) is 10.9 Å². The van der Waals surface area contributed by atoms with Crippen molar-refractivity contribution in [3.63, 3.8) is 0 Å². The largest absolute Gasteiger partial charge is 0.331 e. The number of fused-ring (bicyclic) bond motifs is 1. The fraction of sp³-hybridized carbons (Fsp3) is 0.462. The van der Waals surface area contributed by atoms with E-state index in [4.69, 9.17) is 12.2 Å². The molecule has 1 aliphatic rings. The molecule has 1 saturated carbocycles. The number of pyridine rings is 1. The molecular weight excluding hydrogens is 268 g/mol. The van der Waals surface area contributed by atoms with Gasteiger partial charge < -0.3 is 4.57 Å². The molecule has 100 valence electrons. The zero-order chi connectivity index (χ0) is 13.8. The third-order valence-electron chi connectivity index (χ3n) is 3.94. The molecule has 0 spiro atoms. The Bertz CT molecular complexity index is 720. The maximum absolute atomic E-state index is 13.1. The molecule has 0 aliphatic heterocycles. The van der Waals surface area contributed by atoms with E-state index in [0.717, 1.165) is 16.7 Å². The SMILES string of the molecule is Cc1nc(=S)c2cc(C3(C(F)F)CC3)ncc2n1C. The van der Waals surface area contributed by atoms with Crippen LogP contribution in [0.3, 0.4) is 0 Å². The van der Waals surface area contributed by atoms with Crippen LogP contribution < -0.4 is 0 Å². The van der Waals surface area contributed by atoms with Gasteiger partial charge in [-0.1, -0.05) is 12.2 Å². The van der Waals surface area contributed by atoms with Crippen LogP contribution in [0.2, 0.25) is 0 Å². The van der Waals surface area contributed by atoms with Gasteiger partial charge in [0.25, 0.3) is 0 Å². The number of aryl methyl sites for hydroxylation is 2. The highest BCUT2D eigenvalue weighted by atomic mass is 32.1. The van der Waals surface area contributed by atoms with Crippen molar-refractivity contribution in [2.45, 2.75) is 31.6 Å². The fourth-order valence-corrected chi connectivity index (χ4v) is 2.63. The standard InChI is InChI=1S/C13H13F2N3S/c1-7-17-11(19)8-5-10(13(3-4-13)12(14)15)16-6-9(8)18(7)2/h5-6,12H,3-4H2,1-2H3. The predicted octanol–water partition coefficient (Wildman–Crippen LogP) is 3.30. The summed E-state index contributed by atoms with van der Waals surface area (Å²) in [5.74, 6) is 0.780. The van der Waals surface area contributed by atoms with Gasteiger partial charge in [-0.15, -0.1) is 0 Å². The van der Waals surface area contributed by atoms with Gasteiger partial charge in [0, 0.05) is 12.4 Å². The number of aromatic nitrogens is 3. The third-order valence-corrected chi connectivity index (χ3v) is 4.25. The van der Waals surface area contributed by atoms with Crippen molar-refractivity contribution in [2.24, 2.45) is 7.05 Å². The first-order valence-electron chi connectivity index (χ1n) is 6.08. The molecule has 0 unspecified atom stereocenters. The average molecular weight is 281 g/mol. The van der Waals surface area contributed by atoms with Gasteiger partial charge in [0.1, 0.15) is 10.5 Å². The highest BCUT2D eigenvalue weighted by Crippen LogP contribution is 2.52. The van der Waals surface area contributed by atoms with E-state index in [0.29, 0.717) is 23.2 Å². The van der Waals surface area contributed by atoms with Crippen molar-refractivity contribution in [3.8, 4) is 0 Å². The van der Waals surface area contributed by atoms with Crippen molar-refractivity contribution < 1.29 is 8.78 Å². The summed E-state index contributed by atoms with van der Waals surface area (Å²) in [4.78, 5) is 8.48. The average Bonchev–Trinajstić information content (AvgIpc) is 3.17. The minimum atomic E-state index is -2.38. The molecule has 6 heteroatoms. The molecule has 0 atom stereocenters. The summed E-state index contributed by atoms with van der Waals surface area (Å²) in [5, 5.41) is 0.722. The second kappa shape index (κ2) is 4.03. The van der Waals surface area contributed by atoms with E-state index in [1.54, 1.807) is 12.3 Å². The fourth-order valence-electron chi connectivity index (χ4n) is 2.34. The Labute approximate surface area is 114 Å². The van der Waals surface area contributed by atoms with Gasteiger partial charge in [-0.3, -0.25) is 4.98 Å². The zero-order valence-electron chi connectivity index (χ0n) is 10.7. The van der Waals surface area contributed by atoms with Crippen molar-refractivity contribution >= 4 is 23.1 Å². The second-order valence-corrected chi connectivity index (χ2v) is 5.45. The van der Waals surface area contributed by atoms with Gasteiger partial charge in [-0.2, -0.15) is 0 Å². The molecule has 0 amide bonds. The van der Waals surface area contributed by atoms with Crippen LogP contribution in [0, 0.1) is 11.6 Å². The smallest absolute Gasteiger partial charge is 0.249 e. The third kappa shape index (κ3) is 1.77. The maximum Gasteiger partial charge on any atom is 0.249 e. The lowest BCUT2D eigenvalue weighted by molar-refractivity contribution is 0.0999. The van der Waals surface area contributed by atoms with Gasteiger partial charge >= 0.3 is 0 Å². The van der Waals surface area contributed by atoms with Crippen LogP contribution in [-0.4, -0.2) is 21.0 Å². The first kappa shape index (κ1) is 12.6. The van der Waals surface area contributed by atoms with Crippen LogP contribution in [0.1, 0.15) is 24.4 Å². The highest BCUT2D eigenvalue weighted by molar-refractivity contribution is 7.71. The molecule has 19 heavy (non-hydrogen) atoms. The summed E-state index contributed by atoms with van der Waals surface area (Å²) in [6, 6.07) is 1.68. The number of rotatable bonds is 2. The van der Waals surface area contributed by atoms with E-state index >= 15 is 0 Å². The number of halogens is 2. The number of hydrogen-bond acceptors (Lipinski definition) is 3. The summed E-state index contributed by atoms with van der Waals surface area (Å²) in [6.07, 6.45) is 0.221. The lowest BCUT2D eigenvalue weighted by Crippen LogP contribution is -2.19. The zero-order valence-corrected chi connectivity index (χ0v) is 11.5. The van der Waals surface area contributed by atoms with Crippen molar-refractivity contribution in [2.75, 3.05) is 0 Å². The van der Waals surface area contributed by atoms with E-state index in [9.17, 15) is 8.78 Å². The van der Waals surface area contributed by atoms with Crippen LogP contribution >= 0.6 is 12.2 Å². The van der Waals surface area contributed by atoms with E-state index in [1.807, 2.05) is 18.5 Å². The summed E-state index contributed by atoms with van der Waals surface area (Å²) in [6.45, 7) is 1.85. The molecule has 3 rings (SSSR count). The monoisotopic (exact) mass is 281 g/mol. The summed E-state index contributed by atoms with van der Waals surface area (Å²) in [7, 11) is 1.86. The van der Waals surface area contributed by atoms with Crippen molar-refractivity contribution in [1.82, 2.24) is 14.5 Å². The van der Waals surface area contributed by atoms with E-state index in [-0.39, 0.29) is 0 Å². The molecule has 3 nitrogen and oxygen atoms in total. The lowest BCUT2D eigenvalue weighted by Gasteiger charge is -2.15. The normalized spacial score (nSPS) is 17.1. The molecule has 0 N–H and O–H groups in total. The Balaban J connectivity index is 2.26. The van der Waals surface area contributed by atoms with Gasteiger partial charge in [0.2, 0.25) is 6.43 Å². The molecule has 0 aromatic carbocycles. The van der Waals surface area contributed by atoms with Gasteiger partial charge in [-0.05, 0) is 25.8 Å². The van der Waals surface area contributed by atoms with Crippen LogP contribution in [-0.2, 0) is 12.5 Å². The molecule has 1 aliphatic carbocycles.